The number of rotatable bonds is 4. The van der Waals surface area contributed by atoms with Gasteiger partial charge in [-0.3, -0.25) is 4.40 Å². The maximum absolute atomic E-state index is 5.08. The number of ether oxygens (including phenoxy) is 1. The quantitative estimate of drug-likeness (QED) is 0.595. The summed E-state index contributed by atoms with van der Waals surface area (Å²) in [5, 5.41) is 6.58. The van der Waals surface area contributed by atoms with Crippen molar-refractivity contribution < 1.29 is 4.74 Å². The third-order valence-electron chi connectivity index (χ3n) is 3.79. The first kappa shape index (κ1) is 14.7. The van der Waals surface area contributed by atoms with E-state index in [4.69, 9.17) is 4.74 Å². The molecular weight excluding hydrogens is 320 g/mol. The molecule has 4 heterocycles. The molecular formula is C18H16N4OS. The number of hydrogen-bond acceptors (Lipinski definition) is 5. The number of hydrogen-bond donors (Lipinski definition) is 1. The van der Waals surface area contributed by atoms with Gasteiger partial charge in [0.05, 0.1) is 35.4 Å². The zero-order valence-electron chi connectivity index (χ0n) is 13.4. The maximum atomic E-state index is 5.08. The van der Waals surface area contributed by atoms with Gasteiger partial charge >= 0.3 is 0 Å². The number of nitrogens with one attached hydrogen (secondary N) is 1. The fourth-order valence-electron chi connectivity index (χ4n) is 2.70. The Morgan fingerprint density at radius 2 is 2.12 bits per heavy atom. The van der Waals surface area contributed by atoms with E-state index in [1.165, 1.54) is 0 Å². The van der Waals surface area contributed by atoms with Gasteiger partial charge in [-0.05, 0) is 31.2 Å². The van der Waals surface area contributed by atoms with Crippen LogP contribution in [0.4, 0.5) is 10.7 Å². The van der Waals surface area contributed by atoms with E-state index in [1.807, 2.05) is 43.5 Å². The van der Waals surface area contributed by atoms with Crippen LogP contribution in [-0.2, 0) is 0 Å². The third kappa shape index (κ3) is 2.61. The fourth-order valence-corrected chi connectivity index (χ4v) is 3.51. The van der Waals surface area contributed by atoms with E-state index < -0.39 is 0 Å². The van der Waals surface area contributed by atoms with E-state index in [9.17, 15) is 0 Å². The van der Waals surface area contributed by atoms with Crippen LogP contribution in [0.25, 0.3) is 16.9 Å². The lowest BCUT2D eigenvalue weighted by Gasteiger charge is -2.04. The summed E-state index contributed by atoms with van der Waals surface area (Å²) in [6.07, 6.45) is 3.81. The van der Waals surface area contributed by atoms with Crippen LogP contribution in [0.15, 0.2) is 54.2 Å². The van der Waals surface area contributed by atoms with Crippen molar-refractivity contribution in [3.8, 4) is 17.1 Å². The van der Waals surface area contributed by atoms with Crippen LogP contribution >= 0.6 is 11.3 Å². The second-order valence-electron chi connectivity index (χ2n) is 5.39. The van der Waals surface area contributed by atoms with Gasteiger partial charge in [-0.25, -0.2) is 9.97 Å². The van der Waals surface area contributed by atoms with Crippen LogP contribution in [-0.4, -0.2) is 21.5 Å². The summed E-state index contributed by atoms with van der Waals surface area (Å²) in [4.78, 5) is 8.84. The van der Waals surface area contributed by atoms with Gasteiger partial charge in [0, 0.05) is 23.2 Å². The number of aryl methyl sites for hydroxylation is 1. The predicted molar refractivity (Wildman–Crippen MR) is 97.3 cm³/mol. The molecule has 0 saturated carbocycles. The molecule has 0 fully saturated rings. The number of nitrogens with zero attached hydrogens (tertiary/aromatic N) is 3. The lowest BCUT2D eigenvalue weighted by molar-refractivity contribution is 0.398. The first-order chi connectivity index (χ1) is 11.7. The van der Waals surface area contributed by atoms with Crippen molar-refractivity contribution in [2.45, 2.75) is 6.92 Å². The molecule has 4 rings (SSSR count). The molecule has 0 aliphatic rings. The highest BCUT2D eigenvalue weighted by Gasteiger charge is 2.12. The average Bonchev–Trinajstić information content (AvgIpc) is 3.18. The third-order valence-corrected chi connectivity index (χ3v) is 4.64. The Labute approximate surface area is 143 Å². The van der Waals surface area contributed by atoms with Gasteiger partial charge in [0.15, 0.2) is 0 Å². The zero-order chi connectivity index (χ0) is 16.5. The van der Waals surface area contributed by atoms with Crippen molar-refractivity contribution in [1.29, 1.82) is 0 Å². The molecule has 0 bridgehead atoms. The molecule has 0 aliphatic carbocycles. The predicted octanol–water partition coefficient (Wildman–Crippen LogP) is 4.52. The minimum absolute atomic E-state index is 0.605. The summed E-state index contributed by atoms with van der Waals surface area (Å²) in [6, 6.07) is 12.0. The van der Waals surface area contributed by atoms with Gasteiger partial charge in [0.25, 0.3) is 0 Å². The van der Waals surface area contributed by atoms with Crippen LogP contribution in [0.3, 0.4) is 0 Å². The minimum Gasteiger partial charge on any atom is -0.481 e. The summed E-state index contributed by atoms with van der Waals surface area (Å²) in [6.45, 7) is 2.04. The summed E-state index contributed by atoms with van der Waals surface area (Å²) < 4.78 is 7.20. The number of aromatic nitrogens is 3. The SMILES string of the molecule is COc1ccc(Nc2cc(-c3c(C)nc4ccccn34)cs2)cn1. The Hall–Kier alpha value is -2.86. The zero-order valence-corrected chi connectivity index (χ0v) is 14.2. The van der Waals surface area contributed by atoms with Crippen LogP contribution in [0.5, 0.6) is 5.88 Å². The molecule has 0 unspecified atom stereocenters. The first-order valence-electron chi connectivity index (χ1n) is 7.54. The summed E-state index contributed by atoms with van der Waals surface area (Å²) >= 11 is 1.66. The second-order valence-corrected chi connectivity index (χ2v) is 6.30. The van der Waals surface area contributed by atoms with Crippen LogP contribution in [0.1, 0.15) is 5.69 Å². The molecule has 0 spiro atoms. The highest BCUT2D eigenvalue weighted by molar-refractivity contribution is 7.14. The van der Waals surface area contributed by atoms with Crippen molar-refractivity contribution in [2.75, 3.05) is 12.4 Å². The van der Waals surface area contributed by atoms with Crippen molar-refractivity contribution in [3.63, 3.8) is 0 Å². The van der Waals surface area contributed by atoms with Gasteiger partial charge in [-0.2, -0.15) is 0 Å². The molecule has 1 N–H and O–H groups in total. The Balaban J connectivity index is 1.65. The molecule has 5 nitrogen and oxygen atoms in total. The molecule has 0 atom stereocenters. The monoisotopic (exact) mass is 336 g/mol. The van der Waals surface area contributed by atoms with Crippen molar-refractivity contribution in [2.24, 2.45) is 0 Å². The lowest BCUT2D eigenvalue weighted by atomic mass is 10.2. The standard InChI is InChI=1S/C18H16N4OS/c1-12-18(22-8-4-3-5-15(22)20-12)13-9-17(24-11-13)21-14-6-7-16(23-2)19-10-14/h3-11,21H,1-2H3. The highest BCUT2D eigenvalue weighted by Crippen LogP contribution is 2.33. The van der Waals surface area contributed by atoms with Crippen LogP contribution in [0.2, 0.25) is 0 Å². The maximum Gasteiger partial charge on any atom is 0.213 e. The lowest BCUT2D eigenvalue weighted by Crippen LogP contribution is -1.91. The fraction of sp³-hybridized carbons (Fsp3) is 0.111. The summed E-state index contributed by atoms with van der Waals surface area (Å²) in [5.41, 5.74) is 5.20. The van der Waals surface area contributed by atoms with Crippen LogP contribution < -0.4 is 10.1 Å². The number of methoxy groups -OCH3 is 1. The topological polar surface area (TPSA) is 51.5 Å². The summed E-state index contributed by atoms with van der Waals surface area (Å²) in [7, 11) is 1.61. The number of pyridine rings is 2. The second kappa shape index (κ2) is 5.98. The Morgan fingerprint density at radius 1 is 1.21 bits per heavy atom. The van der Waals surface area contributed by atoms with E-state index in [0.717, 1.165) is 33.3 Å². The van der Waals surface area contributed by atoms with Gasteiger partial charge in [0.1, 0.15) is 5.65 Å². The van der Waals surface area contributed by atoms with Crippen molar-refractivity contribution in [1.82, 2.24) is 14.4 Å². The Bertz CT molecular complexity index is 988. The molecule has 4 aromatic heterocycles. The molecule has 4 aromatic rings. The minimum atomic E-state index is 0.605. The van der Waals surface area contributed by atoms with E-state index in [2.05, 4.69) is 31.1 Å². The number of imidazole rings is 1. The smallest absolute Gasteiger partial charge is 0.213 e. The number of thiophene rings is 1. The molecule has 0 radical (unpaired) electrons. The molecule has 0 aliphatic heterocycles. The van der Waals surface area contributed by atoms with E-state index >= 15 is 0 Å². The van der Waals surface area contributed by atoms with Crippen molar-refractivity contribution >= 4 is 27.7 Å². The normalized spacial score (nSPS) is 10.9. The molecule has 0 aromatic carbocycles. The van der Waals surface area contributed by atoms with E-state index in [0.29, 0.717) is 5.88 Å². The summed E-state index contributed by atoms with van der Waals surface area (Å²) in [5.74, 6) is 0.605. The van der Waals surface area contributed by atoms with E-state index in [1.54, 1.807) is 24.6 Å². The van der Waals surface area contributed by atoms with Crippen LogP contribution in [0, 0.1) is 6.92 Å². The average molecular weight is 336 g/mol. The molecule has 6 heteroatoms. The Kier molecular flexibility index (Phi) is 3.66. The van der Waals surface area contributed by atoms with Gasteiger partial charge in [-0.1, -0.05) is 6.07 Å². The van der Waals surface area contributed by atoms with E-state index in [-0.39, 0.29) is 0 Å². The highest BCUT2D eigenvalue weighted by atomic mass is 32.1. The number of anilines is 2. The molecule has 0 amide bonds. The molecule has 120 valence electrons. The largest absolute Gasteiger partial charge is 0.481 e. The van der Waals surface area contributed by atoms with Crippen molar-refractivity contribution in [3.05, 3.63) is 59.9 Å². The van der Waals surface area contributed by atoms with Gasteiger partial charge < -0.3 is 10.1 Å². The first-order valence-corrected chi connectivity index (χ1v) is 8.42. The van der Waals surface area contributed by atoms with Gasteiger partial charge in [-0.15, -0.1) is 11.3 Å². The molecule has 0 saturated heterocycles. The molecule has 24 heavy (non-hydrogen) atoms. The Morgan fingerprint density at radius 3 is 2.92 bits per heavy atom. The van der Waals surface area contributed by atoms with Gasteiger partial charge in [0.2, 0.25) is 5.88 Å². The number of fused-ring (bicyclic) bond motifs is 1.